The molecule has 6 heteroatoms. The summed E-state index contributed by atoms with van der Waals surface area (Å²) < 4.78 is 10.3. The fraction of sp³-hybridized carbons (Fsp3) is 0.375. The molecule has 0 atom stereocenters. The van der Waals surface area contributed by atoms with Gasteiger partial charge in [0.15, 0.2) is 0 Å². The quantitative estimate of drug-likeness (QED) is 0.492. The summed E-state index contributed by atoms with van der Waals surface area (Å²) >= 11 is 0. The molecule has 0 radical (unpaired) electrons. The number of aryl methyl sites for hydroxylation is 1. The minimum Gasteiger partial charge on any atom is -0.426 e. The summed E-state index contributed by atoms with van der Waals surface area (Å²) in [6.07, 6.45) is -0.129. The van der Waals surface area contributed by atoms with Crippen LogP contribution in [-0.2, 0) is 4.79 Å². The third-order valence-electron chi connectivity index (χ3n) is 3.49. The molecule has 0 aliphatic rings. The van der Waals surface area contributed by atoms with Crippen LogP contribution in [0.4, 0.5) is 0 Å². The monoisotopic (exact) mass is 306 g/mol. The van der Waals surface area contributed by atoms with Crippen LogP contribution < -0.4 is 10.4 Å². The second-order valence-corrected chi connectivity index (χ2v) is 5.68. The minimum atomic E-state index is -0.933. The summed E-state index contributed by atoms with van der Waals surface area (Å²) in [5.74, 6) is -0.343. The van der Waals surface area contributed by atoms with E-state index in [4.69, 9.17) is 9.15 Å². The number of aliphatic hydroxyl groups is 2. The van der Waals surface area contributed by atoms with E-state index in [0.29, 0.717) is 5.58 Å². The van der Waals surface area contributed by atoms with Gasteiger partial charge in [0.25, 0.3) is 0 Å². The van der Waals surface area contributed by atoms with Gasteiger partial charge in [0.1, 0.15) is 11.3 Å². The number of aliphatic hydroxyl groups excluding tert-OH is 2. The highest BCUT2D eigenvalue weighted by atomic mass is 16.5. The number of carbonyl (C=O) groups is 1. The van der Waals surface area contributed by atoms with Gasteiger partial charge in [0, 0.05) is 22.9 Å². The van der Waals surface area contributed by atoms with Gasteiger partial charge in [-0.2, -0.15) is 0 Å². The molecule has 2 aromatic rings. The van der Waals surface area contributed by atoms with E-state index >= 15 is 0 Å². The maximum absolute atomic E-state index is 11.9. The molecule has 0 amide bonds. The molecule has 6 nitrogen and oxygen atoms in total. The molecule has 0 bridgehead atoms. The molecule has 1 heterocycles. The Bertz CT molecular complexity index is 742. The molecule has 1 aromatic carbocycles. The van der Waals surface area contributed by atoms with Crippen molar-refractivity contribution in [2.45, 2.75) is 20.3 Å². The lowest BCUT2D eigenvalue weighted by molar-refractivity contribution is -0.138. The zero-order chi connectivity index (χ0) is 16.3. The first-order valence-electron chi connectivity index (χ1n) is 6.84. The molecular weight excluding hydrogens is 288 g/mol. The first-order chi connectivity index (χ1) is 10.4. The van der Waals surface area contributed by atoms with Crippen molar-refractivity contribution in [3.63, 3.8) is 0 Å². The largest absolute Gasteiger partial charge is 0.426 e. The number of benzene rings is 1. The van der Waals surface area contributed by atoms with E-state index in [2.05, 4.69) is 0 Å². The van der Waals surface area contributed by atoms with Crippen molar-refractivity contribution in [1.29, 1.82) is 0 Å². The number of hydrogen-bond donors (Lipinski definition) is 2. The Morgan fingerprint density at radius 1 is 1.27 bits per heavy atom. The van der Waals surface area contributed by atoms with Crippen LogP contribution in [0.3, 0.4) is 0 Å². The standard InChI is InChI=1S/C16H18O6/c1-10-5-14(19)22-13-6-11(3-4-12(10)13)21-15(20)7-16(2,8-17)9-18/h3-6,17-18H,7-9H2,1-2H3. The molecule has 0 spiro atoms. The van der Waals surface area contributed by atoms with Gasteiger partial charge in [-0.25, -0.2) is 4.79 Å². The summed E-state index contributed by atoms with van der Waals surface area (Å²) in [4.78, 5) is 23.3. The normalized spacial score (nSPS) is 11.6. The van der Waals surface area contributed by atoms with E-state index in [-0.39, 0.29) is 25.4 Å². The lowest BCUT2D eigenvalue weighted by atomic mass is 9.89. The van der Waals surface area contributed by atoms with Crippen LogP contribution in [0.25, 0.3) is 11.0 Å². The van der Waals surface area contributed by atoms with Gasteiger partial charge < -0.3 is 19.4 Å². The summed E-state index contributed by atoms with van der Waals surface area (Å²) in [6, 6.07) is 6.16. The fourth-order valence-electron chi connectivity index (χ4n) is 2.05. The Kier molecular flexibility index (Phi) is 4.63. The molecule has 0 saturated heterocycles. The molecule has 0 unspecified atom stereocenters. The Balaban J connectivity index is 2.22. The highest BCUT2D eigenvalue weighted by Crippen LogP contribution is 2.24. The van der Waals surface area contributed by atoms with Crippen LogP contribution in [0, 0.1) is 12.3 Å². The number of hydrogen-bond acceptors (Lipinski definition) is 6. The molecule has 118 valence electrons. The highest BCUT2D eigenvalue weighted by Gasteiger charge is 2.27. The zero-order valence-electron chi connectivity index (χ0n) is 12.5. The average molecular weight is 306 g/mol. The van der Waals surface area contributed by atoms with E-state index < -0.39 is 17.0 Å². The number of esters is 1. The van der Waals surface area contributed by atoms with E-state index in [0.717, 1.165) is 10.9 Å². The molecule has 2 rings (SSSR count). The molecule has 1 aromatic heterocycles. The summed E-state index contributed by atoms with van der Waals surface area (Å²) in [5.41, 5.74) is -0.293. The smallest absolute Gasteiger partial charge is 0.336 e. The summed E-state index contributed by atoms with van der Waals surface area (Å²) in [7, 11) is 0. The highest BCUT2D eigenvalue weighted by molar-refractivity contribution is 5.82. The first kappa shape index (κ1) is 16.2. The van der Waals surface area contributed by atoms with Crippen molar-refractivity contribution in [2.24, 2.45) is 5.41 Å². The van der Waals surface area contributed by atoms with E-state index in [9.17, 15) is 19.8 Å². The van der Waals surface area contributed by atoms with Gasteiger partial charge in [-0.05, 0) is 24.6 Å². The maximum Gasteiger partial charge on any atom is 0.336 e. The van der Waals surface area contributed by atoms with Crippen molar-refractivity contribution >= 4 is 16.9 Å². The lowest BCUT2D eigenvalue weighted by Crippen LogP contribution is -2.30. The molecule has 0 aliphatic carbocycles. The summed E-state index contributed by atoms with van der Waals surface area (Å²) in [6.45, 7) is 2.71. The van der Waals surface area contributed by atoms with Gasteiger partial charge in [0.05, 0.1) is 19.6 Å². The molecule has 0 fully saturated rings. The number of fused-ring (bicyclic) bond motifs is 1. The van der Waals surface area contributed by atoms with Crippen LogP contribution in [0.5, 0.6) is 5.75 Å². The Labute approximate surface area is 126 Å². The third kappa shape index (κ3) is 3.52. The van der Waals surface area contributed by atoms with E-state index in [1.54, 1.807) is 26.0 Å². The van der Waals surface area contributed by atoms with Gasteiger partial charge >= 0.3 is 11.6 Å². The van der Waals surface area contributed by atoms with Crippen LogP contribution in [0.2, 0.25) is 0 Å². The minimum absolute atomic E-state index is 0.129. The van der Waals surface area contributed by atoms with Crippen molar-refractivity contribution in [2.75, 3.05) is 13.2 Å². The second kappa shape index (κ2) is 6.29. The number of ether oxygens (including phenoxy) is 1. The van der Waals surface area contributed by atoms with Crippen LogP contribution in [0.1, 0.15) is 18.9 Å². The van der Waals surface area contributed by atoms with Crippen molar-refractivity contribution < 1.29 is 24.2 Å². The Morgan fingerprint density at radius 2 is 1.95 bits per heavy atom. The molecule has 2 N–H and O–H groups in total. The molecule has 0 aliphatic heterocycles. The van der Waals surface area contributed by atoms with Crippen LogP contribution in [0.15, 0.2) is 33.5 Å². The fourth-order valence-corrected chi connectivity index (χ4v) is 2.05. The van der Waals surface area contributed by atoms with Crippen molar-refractivity contribution in [3.05, 3.63) is 40.2 Å². The zero-order valence-corrected chi connectivity index (χ0v) is 12.5. The maximum atomic E-state index is 11.9. The predicted molar refractivity (Wildman–Crippen MR) is 79.8 cm³/mol. The molecule has 22 heavy (non-hydrogen) atoms. The third-order valence-corrected chi connectivity index (χ3v) is 3.49. The topological polar surface area (TPSA) is 97.0 Å². The van der Waals surface area contributed by atoms with E-state index in [1.165, 1.54) is 12.1 Å². The number of rotatable bonds is 5. The van der Waals surface area contributed by atoms with Crippen LogP contribution in [-0.4, -0.2) is 29.4 Å². The van der Waals surface area contributed by atoms with Gasteiger partial charge in [-0.1, -0.05) is 6.92 Å². The Morgan fingerprint density at radius 3 is 2.59 bits per heavy atom. The van der Waals surface area contributed by atoms with Crippen LogP contribution >= 0.6 is 0 Å². The molecule has 0 saturated carbocycles. The Hall–Kier alpha value is -2.18. The van der Waals surface area contributed by atoms with Crippen molar-refractivity contribution in [3.8, 4) is 5.75 Å². The average Bonchev–Trinajstić information content (AvgIpc) is 2.46. The van der Waals surface area contributed by atoms with Gasteiger partial charge in [-0.3, -0.25) is 4.79 Å². The van der Waals surface area contributed by atoms with E-state index in [1.807, 2.05) is 0 Å². The lowest BCUT2D eigenvalue weighted by Gasteiger charge is -2.22. The molecular formula is C16H18O6. The van der Waals surface area contributed by atoms with Crippen molar-refractivity contribution in [1.82, 2.24) is 0 Å². The predicted octanol–water partition coefficient (Wildman–Crippen LogP) is 1.39. The SMILES string of the molecule is Cc1cc(=O)oc2cc(OC(=O)CC(C)(CO)CO)ccc12. The second-order valence-electron chi connectivity index (χ2n) is 5.68. The van der Waals surface area contributed by atoms with Gasteiger partial charge in [-0.15, -0.1) is 0 Å². The number of carbonyl (C=O) groups excluding carboxylic acids is 1. The summed E-state index contributed by atoms with van der Waals surface area (Å²) in [5, 5.41) is 19.1. The first-order valence-corrected chi connectivity index (χ1v) is 6.84. The van der Waals surface area contributed by atoms with Gasteiger partial charge in [0.2, 0.25) is 0 Å².